The van der Waals surface area contributed by atoms with E-state index in [-0.39, 0.29) is 12.4 Å². The molecular weight excluding hydrogens is 323 g/mol. The Kier molecular flexibility index (Phi) is 5.58. The summed E-state index contributed by atoms with van der Waals surface area (Å²) in [6.07, 6.45) is 0.0825. The van der Waals surface area contributed by atoms with Gasteiger partial charge in [-0.15, -0.1) is 0 Å². The Bertz CT molecular complexity index is 694. The Morgan fingerprint density at radius 1 is 1.29 bits per heavy atom. The van der Waals surface area contributed by atoms with Gasteiger partial charge in [-0.25, -0.2) is 14.5 Å². The lowest BCUT2D eigenvalue weighted by molar-refractivity contribution is -0.137. The molecule has 0 saturated heterocycles. The highest BCUT2D eigenvalue weighted by molar-refractivity contribution is 5.90. The van der Waals surface area contributed by atoms with E-state index in [9.17, 15) is 18.0 Å². The number of rotatable bonds is 6. The molecule has 2 heterocycles. The van der Waals surface area contributed by atoms with E-state index in [2.05, 4.69) is 10.1 Å². The Hall–Kier alpha value is -2.38. The predicted molar refractivity (Wildman–Crippen MR) is 80.9 cm³/mol. The quantitative estimate of drug-likeness (QED) is 0.750. The van der Waals surface area contributed by atoms with E-state index in [1.807, 2.05) is 6.92 Å². The zero-order chi connectivity index (χ0) is 17.7. The largest absolute Gasteiger partial charge is 0.462 e. The molecule has 0 aliphatic heterocycles. The maximum atomic E-state index is 12.6. The van der Waals surface area contributed by atoms with Crippen LogP contribution in [0.1, 0.15) is 48.3 Å². The third-order valence-corrected chi connectivity index (χ3v) is 3.36. The van der Waals surface area contributed by atoms with Crippen molar-refractivity contribution in [2.45, 2.75) is 39.3 Å². The van der Waals surface area contributed by atoms with E-state index in [4.69, 9.17) is 4.74 Å². The maximum absolute atomic E-state index is 12.6. The van der Waals surface area contributed by atoms with Crippen molar-refractivity contribution in [2.24, 2.45) is 0 Å². The molecule has 0 fully saturated rings. The van der Waals surface area contributed by atoms with E-state index in [0.29, 0.717) is 17.7 Å². The van der Waals surface area contributed by atoms with Gasteiger partial charge < -0.3 is 4.74 Å². The monoisotopic (exact) mass is 341 g/mol. The fourth-order valence-electron chi connectivity index (χ4n) is 2.12. The Balaban J connectivity index is 2.34. The fourth-order valence-corrected chi connectivity index (χ4v) is 2.12. The number of halogens is 3. The van der Waals surface area contributed by atoms with Crippen LogP contribution in [0.2, 0.25) is 0 Å². The van der Waals surface area contributed by atoms with Crippen LogP contribution in [-0.4, -0.2) is 27.3 Å². The number of alkyl halides is 3. The molecule has 8 heteroatoms. The van der Waals surface area contributed by atoms with Crippen molar-refractivity contribution in [3.63, 3.8) is 0 Å². The molecule has 130 valence electrons. The molecule has 0 radical (unpaired) electrons. The summed E-state index contributed by atoms with van der Waals surface area (Å²) in [6, 6.07) is 2.15. The van der Waals surface area contributed by atoms with Crippen molar-refractivity contribution in [2.75, 3.05) is 6.61 Å². The minimum absolute atomic E-state index is 0.205. The van der Waals surface area contributed by atoms with Crippen molar-refractivity contribution in [1.29, 1.82) is 0 Å². The number of hydrogen-bond donors (Lipinski definition) is 0. The number of carbonyl (C=O) groups is 1. The lowest BCUT2D eigenvalue weighted by atomic mass is 10.1. The zero-order valence-corrected chi connectivity index (χ0v) is 13.4. The molecular formula is C16H18F3N3O2. The van der Waals surface area contributed by atoms with Crippen LogP contribution >= 0.6 is 0 Å². The van der Waals surface area contributed by atoms with Gasteiger partial charge in [0.2, 0.25) is 0 Å². The summed E-state index contributed by atoms with van der Waals surface area (Å²) in [4.78, 5) is 15.8. The van der Waals surface area contributed by atoms with Crippen LogP contribution < -0.4 is 0 Å². The second-order valence-corrected chi connectivity index (χ2v) is 5.16. The Labute approximate surface area is 137 Å². The van der Waals surface area contributed by atoms with Gasteiger partial charge in [-0.3, -0.25) is 0 Å². The second-order valence-electron chi connectivity index (χ2n) is 5.16. The van der Waals surface area contributed by atoms with Crippen LogP contribution in [0.4, 0.5) is 13.2 Å². The van der Waals surface area contributed by atoms with Gasteiger partial charge in [0.05, 0.1) is 17.9 Å². The SMILES string of the molecule is CCCCc1nn(-c2ccc(C(F)(F)F)cn2)cc1C(=O)OCC. The topological polar surface area (TPSA) is 57.0 Å². The predicted octanol–water partition coefficient (Wildman–Crippen LogP) is 3.81. The molecule has 2 aromatic rings. The number of aromatic nitrogens is 3. The summed E-state index contributed by atoms with van der Waals surface area (Å²) in [6.45, 7) is 3.94. The molecule has 0 saturated carbocycles. The second kappa shape index (κ2) is 7.46. The van der Waals surface area contributed by atoms with Gasteiger partial charge in [-0.1, -0.05) is 13.3 Å². The first-order chi connectivity index (χ1) is 11.4. The van der Waals surface area contributed by atoms with Gasteiger partial charge in [0.15, 0.2) is 5.82 Å². The molecule has 0 atom stereocenters. The molecule has 0 aliphatic carbocycles. The van der Waals surface area contributed by atoms with Gasteiger partial charge in [0.25, 0.3) is 0 Å². The van der Waals surface area contributed by atoms with E-state index < -0.39 is 17.7 Å². The van der Waals surface area contributed by atoms with E-state index in [0.717, 1.165) is 25.1 Å². The molecule has 0 aromatic carbocycles. The lowest BCUT2D eigenvalue weighted by Gasteiger charge is -2.06. The third-order valence-electron chi connectivity index (χ3n) is 3.36. The third kappa shape index (κ3) is 4.12. The first-order valence-electron chi connectivity index (χ1n) is 7.66. The molecule has 24 heavy (non-hydrogen) atoms. The average Bonchev–Trinajstić information content (AvgIpc) is 2.96. The summed E-state index contributed by atoms with van der Waals surface area (Å²) < 4.78 is 44.1. The highest BCUT2D eigenvalue weighted by atomic mass is 19.4. The van der Waals surface area contributed by atoms with E-state index in [1.54, 1.807) is 6.92 Å². The lowest BCUT2D eigenvalue weighted by Crippen LogP contribution is -2.07. The summed E-state index contributed by atoms with van der Waals surface area (Å²) in [5, 5.41) is 4.29. The van der Waals surface area contributed by atoms with Gasteiger partial charge in [-0.2, -0.15) is 18.3 Å². The van der Waals surface area contributed by atoms with Crippen LogP contribution in [0, 0.1) is 0 Å². The highest BCUT2D eigenvalue weighted by Gasteiger charge is 2.30. The van der Waals surface area contributed by atoms with E-state index >= 15 is 0 Å². The molecule has 2 aromatic heterocycles. The van der Waals surface area contributed by atoms with Gasteiger partial charge in [-0.05, 0) is 31.9 Å². The standard InChI is InChI=1S/C16H18F3N3O2/c1-3-5-6-13-12(15(23)24-4-2)10-22(21-13)14-8-7-11(9-20-14)16(17,18)19/h7-10H,3-6H2,1-2H3. The molecule has 0 N–H and O–H groups in total. The highest BCUT2D eigenvalue weighted by Crippen LogP contribution is 2.28. The normalized spacial score (nSPS) is 11.5. The van der Waals surface area contributed by atoms with Crippen LogP contribution in [0.3, 0.4) is 0 Å². The average molecular weight is 341 g/mol. The molecule has 0 bridgehead atoms. The fraction of sp³-hybridized carbons (Fsp3) is 0.438. The number of unbranched alkanes of at least 4 members (excludes halogenated alkanes) is 1. The summed E-state index contributed by atoms with van der Waals surface area (Å²) in [5.41, 5.74) is 0.0271. The number of hydrogen-bond acceptors (Lipinski definition) is 4. The first kappa shape index (κ1) is 18.0. The Morgan fingerprint density at radius 2 is 2.04 bits per heavy atom. The van der Waals surface area contributed by atoms with Crippen molar-refractivity contribution < 1.29 is 22.7 Å². The van der Waals surface area contributed by atoms with Crippen LogP contribution in [-0.2, 0) is 17.3 Å². The summed E-state index contributed by atoms with van der Waals surface area (Å²) >= 11 is 0. The number of ether oxygens (including phenoxy) is 1. The smallest absolute Gasteiger partial charge is 0.417 e. The molecule has 0 spiro atoms. The minimum Gasteiger partial charge on any atom is -0.462 e. The van der Waals surface area contributed by atoms with Crippen molar-refractivity contribution in [3.05, 3.63) is 41.3 Å². The van der Waals surface area contributed by atoms with Crippen molar-refractivity contribution >= 4 is 5.97 Å². The van der Waals surface area contributed by atoms with Crippen LogP contribution in [0.15, 0.2) is 24.5 Å². The van der Waals surface area contributed by atoms with Gasteiger partial charge >= 0.3 is 12.1 Å². The number of carbonyl (C=O) groups excluding carboxylic acids is 1. The molecule has 0 amide bonds. The molecule has 2 rings (SSSR count). The van der Waals surface area contributed by atoms with Crippen molar-refractivity contribution in [1.82, 2.24) is 14.8 Å². The molecule has 0 unspecified atom stereocenters. The maximum Gasteiger partial charge on any atom is 0.417 e. The first-order valence-corrected chi connectivity index (χ1v) is 7.66. The summed E-state index contributed by atoms with van der Waals surface area (Å²) in [5.74, 6) is -0.293. The number of aryl methyl sites for hydroxylation is 1. The van der Waals surface area contributed by atoms with Gasteiger partial charge in [0.1, 0.15) is 5.56 Å². The van der Waals surface area contributed by atoms with E-state index in [1.165, 1.54) is 16.9 Å². The number of nitrogens with zero attached hydrogens (tertiary/aromatic N) is 3. The van der Waals surface area contributed by atoms with Gasteiger partial charge in [0, 0.05) is 12.4 Å². The van der Waals surface area contributed by atoms with Crippen LogP contribution in [0.5, 0.6) is 0 Å². The number of esters is 1. The molecule has 5 nitrogen and oxygen atoms in total. The minimum atomic E-state index is -4.45. The zero-order valence-electron chi connectivity index (χ0n) is 13.4. The Morgan fingerprint density at radius 3 is 2.58 bits per heavy atom. The van der Waals surface area contributed by atoms with Crippen molar-refractivity contribution in [3.8, 4) is 5.82 Å². The van der Waals surface area contributed by atoms with Crippen LogP contribution in [0.25, 0.3) is 5.82 Å². The number of pyridine rings is 1. The summed E-state index contributed by atoms with van der Waals surface area (Å²) in [7, 11) is 0. The molecule has 0 aliphatic rings.